The smallest absolute Gasteiger partial charge is 0.343 e. The van der Waals surface area contributed by atoms with Crippen LogP contribution < -0.4 is 4.74 Å². The number of rotatable bonds is 13. The average Bonchev–Trinajstić information content (AvgIpc) is 2.91. The zero-order valence-corrected chi connectivity index (χ0v) is 21.0. The van der Waals surface area contributed by atoms with Gasteiger partial charge in [0.2, 0.25) is 0 Å². The van der Waals surface area contributed by atoms with Crippen LogP contribution in [0.3, 0.4) is 0 Å². The number of carbonyl (C=O) groups is 2. The summed E-state index contributed by atoms with van der Waals surface area (Å²) in [6, 6.07) is 20.9. The van der Waals surface area contributed by atoms with E-state index in [2.05, 4.69) is 6.58 Å². The van der Waals surface area contributed by atoms with Gasteiger partial charge < -0.3 is 9.47 Å². The Morgan fingerprint density at radius 2 is 1.38 bits per heavy atom. The summed E-state index contributed by atoms with van der Waals surface area (Å²) in [6.07, 6.45) is 1.96. The molecule has 3 aromatic rings. The predicted octanol–water partition coefficient (Wildman–Crippen LogP) is 8.06. The van der Waals surface area contributed by atoms with Crippen LogP contribution in [0.4, 0.5) is 8.78 Å². The first-order valence-electron chi connectivity index (χ1n) is 12.5. The van der Waals surface area contributed by atoms with E-state index in [0.717, 1.165) is 36.8 Å². The maximum Gasteiger partial charge on any atom is 0.343 e. The summed E-state index contributed by atoms with van der Waals surface area (Å²) >= 11 is 0. The maximum absolute atomic E-state index is 13.3. The van der Waals surface area contributed by atoms with Crippen molar-refractivity contribution in [3.63, 3.8) is 0 Å². The quantitative estimate of drug-likeness (QED) is 0.102. The van der Waals surface area contributed by atoms with Crippen LogP contribution >= 0.6 is 0 Å². The molecular weight excluding hydrogens is 474 g/mol. The number of halogens is 2. The molecule has 1 atom stereocenters. The van der Waals surface area contributed by atoms with E-state index in [1.165, 1.54) is 29.8 Å². The number of benzene rings is 3. The van der Waals surface area contributed by atoms with Crippen molar-refractivity contribution in [2.24, 2.45) is 0 Å². The minimum absolute atomic E-state index is 0.113. The Hall–Kier alpha value is -3.80. The number of ether oxygens (including phenoxy) is 2. The molecule has 3 rings (SSSR count). The van der Waals surface area contributed by atoms with Crippen molar-refractivity contribution >= 4 is 11.9 Å². The second-order valence-electron chi connectivity index (χ2n) is 8.81. The van der Waals surface area contributed by atoms with Crippen molar-refractivity contribution < 1.29 is 27.8 Å². The lowest BCUT2D eigenvalue weighted by molar-refractivity contribution is -0.0374. The topological polar surface area (TPSA) is 52.6 Å². The van der Waals surface area contributed by atoms with Gasteiger partial charge in [-0.05, 0) is 72.4 Å². The SMILES string of the molecule is C=CCc1ccc(-c2ccc(C(=O)Oc3ccc(C(=O)OC(CCCCCC)C(F)F)cc3)cc2)cc1. The Kier molecular flexibility index (Phi) is 10.6. The van der Waals surface area contributed by atoms with Crippen LogP contribution in [0, 0.1) is 0 Å². The summed E-state index contributed by atoms with van der Waals surface area (Å²) in [5.41, 5.74) is 3.66. The van der Waals surface area contributed by atoms with Crippen LogP contribution in [-0.2, 0) is 11.2 Å². The fraction of sp³-hybridized carbons (Fsp3) is 0.290. The molecule has 4 nitrogen and oxygen atoms in total. The Balaban J connectivity index is 1.56. The molecule has 0 spiro atoms. The van der Waals surface area contributed by atoms with Gasteiger partial charge >= 0.3 is 11.9 Å². The van der Waals surface area contributed by atoms with E-state index in [1.807, 2.05) is 49.4 Å². The number of esters is 2. The molecule has 0 N–H and O–H groups in total. The van der Waals surface area contributed by atoms with Gasteiger partial charge in [0.25, 0.3) is 6.43 Å². The predicted molar refractivity (Wildman–Crippen MR) is 141 cm³/mol. The third-order valence-corrected chi connectivity index (χ3v) is 5.97. The lowest BCUT2D eigenvalue weighted by Gasteiger charge is -2.17. The van der Waals surface area contributed by atoms with Crippen molar-refractivity contribution in [2.45, 2.75) is 58.0 Å². The van der Waals surface area contributed by atoms with Crippen molar-refractivity contribution in [3.05, 3.63) is 102 Å². The monoisotopic (exact) mass is 506 g/mol. The molecular formula is C31H32F2O4. The van der Waals surface area contributed by atoms with Crippen molar-refractivity contribution in [1.82, 2.24) is 0 Å². The standard InChI is InChI=1S/C31H32F2O4/c1-3-5-6-7-9-28(29(32)33)37-31(35)26-18-20-27(21-19-26)36-30(34)25-16-14-24(15-17-25)23-12-10-22(8-4-2)11-13-23/h4,10-21,28-29H,2-3,5-9H2,1H3. The first-order chi connectivity index (χ1) is 17.9. The zero-order chi connectivity index (χ0) is 26.6. The molecule has 0 bridgehead atoms. The molecule has 6 heteroatoms. The van der Waals surface area contributed by atoms with Gasteiger partial charge in [-0.2, -0.15) is 0 Å². The van der Waals surface area contributed by atoms with E-state index in [0.29, 0.717) is 12.0 Å². The zero-order valence-electron chi connectivity index (χ0n) is 21.0. The number of carbonyl (C=O) groups excluding carboxylic acids is 2. The summed E-state index contributed by atoms with van der Waals surface area (Å²) in [5, 5.41) is 0. The third-order valence-electron chi connectivity index (χ3n) is 5.97. The summed E-state index contributed by atoms with van der Waals surface area (Å²) in [5.74, 6) is -1.15. The minimum Gasteiger partial charge on any atom is -0.453 e. The normalized spacial score (nSPS) is 11.7. The molecule has 0 heterocycles. The van der Waals surface area contributed by atoms with Gasteiger partial charge in [-0.15, -0.1) is 6.58 Å². The Labute approximate surface area is 216 Å². The summed E-state index contributed by atoms with van der Waals surface area (Å²) in [4.78, 5) is 24.9. The molecule has 0 aromatic heterocycles. The molecule has 3 aromatic carbocycles. The lowest BCUT2D eigenvalue weighted by atomic mass is 10.0. The molecule has 0 fully saturated rings. The van der Waals surface area contributed by atoms with E-state index >= 15 is 0 Å². The van der Waals surface area contributed by atoms with E-state index < -0.39 is 24.5 Å². The van der Waals surface area contributed by atoms with E-state index in [9.17, 15) is 18.4 Å². The molecule has 0 radical (unpaired) electrons. The Morgan fingerprint density at radius 1 is 0.811 bits per heavy atom. The maximum atomic E-state index is 13.3. The number of hydrogen-bond acceptors (Lipinski definition) is 4. The van der Waals surface area contributed by atoms with Gasteiger partial charge in [-0.1, -0.05) is 68.7 Å². The van der Waals surface area contributed by atoms with Gasteiger partial charge in [-0.3, -0.25) is 0 Å². The molecule has 37 heavy (non-hydrogen) atoms. The Morgan fingerprint density at radius 3 is 1.95 bits per heavy atom. The number of unbranched alkanes of at least 4 members (excludes halogenated alkanes) is 3. The summed E-state index contributed by atoms with van der Waals surface area (Å²) in [7, 11) is 0. The number of alkyl halides is 2. The number of allylic oxidation sites excluding steroid dienone is 1. The summed E-state index contributed by atoms with van der Waals surface area (Å²) in [6.45, 7) is 5.78. The third kappa shape index (κ3) is 8.38. The second-order valence-corrected chi connectivity index (χ2v) is 8.81. The van der Waals surface area contributed by atoms with Gasteiger partial charge in [-0.25, -0.2) is 18.4 Å². The molecule has 194 valence electrons. The fourth-order valence-electron chi connectivity index (χ4n) is 3.84. The first-order valence-corrected chi connectivity index (χ1v) is 12.5. The average molecular weight is 507 g/mol. The highest BCUT2D eigenvalue weighted by molar-refractivity contribution is 5.92. The molecule has 0 amide bonds. The van der Waals surface area contributed by atoms with Crippen LogP contribution in [-0.4, -0.2) is 24.5 Å². The van der Waals surface area contributed by atoms with Crippen LogP contribution in [0.5, 0.6) is 5.75 Å². The highest BCUT2D eigenvalue weighted by Crippen LogP contribution is 2.22. The molecule has 0 saturated carbocycles. The van der Waals surface area contributed by atoms with E-state index in [-0.39, 0.29) is 17.7 Å². The molecule has 0 aliphatic carbocycles. The van der Waals surface area contributed by atoms with Crippen LogP contribution in [0.25, 0.3) is 11.1 Å². The molecule has 0 saturated heterocycles. The van der Waals surface area contributed by atoms with Gasteiger partial charge in [0, 0.05) is 0 Å². The molecule has 0 aliphatic rings. The Bertz CT molecular complexity index is 1150. The van der Waals surface area contributed by atoms with Gasteiger partial charge in [0.1, 0.15) is 5.75 Å². The van der Waals surface area contributed by atoms with Gasteiger partial charge in [0.05, 0.1) is 11.1 Å². The highest BCUT2D eigenvalue weighted by atomic mass is 19.3. The number of hydrogen-bond donors (Lipinski definition) is 0. The van der Waals surface area contributed by atoms with E-state index in [1.54, 1.807) is 12.1 Å². The fourth-order valence-corrected chi connectivity index (χ4v) is 3.84. The van der Waals surface area contributed by atoms with Crippen LogP contribution in [0.2, 0.25) is 0 Å². The molecule has 0 aliphatic heterocycles. The van der Waals surface area contributed by atoms with Gasteiger partial charge in [0.15, 0.2) is 6.10 Å². The van der Waals surface area contributed by atoms with Crippen molar-refractivity contribution in [3.8, 4) is 16.9 Å². The van der Waals surface area contributed by atoms with Crippen molar-refractivity contribution in [2.75, 3.05) is 0 Å². The summed E-state index contributed by atoms with van der Waals surface area (Å²) < 4.78 is 37.0. The van der Waals surface area contributed by atoms with Crippen molar-refractivity contribution in [1.29, 1.82) is 0 Å². The highest BCUT2D eigenvalue weighted by Gasteiger charge is 2.25. The first kappa shape index (κ1) is 27.8. The lowest BCUT2D eigenvalue weighted by Crippen LogP contribution is -2.25. The van der Waals surface area contributed by atoms with Crippen LogP contribution in [0.1, 0.15) is 65.3 Å². The van der Waals surface area contributed by atoms with Crippen LogP contribution in [0.15, 0.2) is 85.5 Å². The minimum atomic E-state index is -2.74. The second kappa shape index (κ2) is 14.1. The molecule has 1 unspecified atom stereocenters. The largest absolute Gasteiger partial charge is 0.453 e. The van der Waals surface area contributed by atoms with E-state index in [4.69, 9.17) is 9.47 Å².